The molecule has 1 saturated carbocycles. The fourth-order valence-corrected chi connectivity index (χ4v) is 3.87. The Bertz CT molecular complexity index is 269. The molecule has 1 aliphatic heterocycles. The number of aliphatic hydroxyl groups excluding tert-OH is 1. The maximum atomic E-state index is 10.2. The molecule has 3 heteroatoms. The molecule has 1 saturated heterocycles. The van der Waals surface area contributed by atoms with Crippen molar-refractivity contribution in [1.82, 2.24) is 4.90 Å². The van der Waals surface area contributed by atoms with Crippen LogP contribution >= 0.6 is 0 Å². The standard InChI is InChI=1S/C16H31NO2/c1-12(2)14-4-5-16(18)15(8-14)10-17-7-6-13(9-17)11-19-3/h12-16,18H,4-11H2,1-3H3. The third-order valence-corrected chi connectivity index (χ3v) is 5.19. The minimum atomic E-state index is -0.0727. The first-order chi connectivity index (χ1) is 9.10. The average Bonchev–Trinajstić information content (AvgIpc) is 2.80. The summed E-state index contributed by atoms with van der Waals surface area (Å²) < 4.78 is 5.26. The van der Waals surface area contributed by atoms with Gasteiger partial charge in [-0.15, -0.1) is 0 Å². The molecule has 0 bridgehead atoms. The van der Waals surface area contributed by atoms with Crippen LogP contribution in [0.4, 0.5) is 0 Å². The van der Waals surface area contributed by atoms with Gasteiger partial charge in [0.25, 0.3) is 0 Å². The molecule has 3 nitrogen and oxygen atoms in total. The normalized spacial score (nSPS) is 37.1. The molecular weight excluding hydrogens is 238 g/mol. The predicted molar refractivity (Wildman–Crippen MR) is 78.1 cm³/mol. The van der Waals surface area contributed by atoms with Crippen LogP contribution in [-0.4, -0.2) is 49.5 Å². The molecule has 2 rings (SSSR count). The van der Waals surface area contributed by atoms with Gasteiger partial charge in [-0.25, -0.2) is 0 Å². The Labute approximate surface area is 118 Å². The van der Waals surface area contributed by atoms with Gasteiger partial charge in [0.2, 0.25) is 0 Å². The van der Waals surface area contributed by atoms with Gasteiger partial charge in [0, 0.05) is 20.2 Å². The Hall–Kier alpha value is -0.120. The molecule has 4 unspecified atom stereocenters. The Kier molecular flexibility index (Phi) is 5.67. The van der Waals surface area contributed by atoms with Crippen molar-refractivity contribution < 1.29 is 9.84 Å². The van der Waals surface area contributed by atoms with Crippen LogP contribution in [0.5, 0.6) is 0 Å². The van der Waals surface area contributed by atoms with E-state index in [2.05, 4.69) is 18.7 Å². The van der Waals surface area contributed by atoms with E-state index >= 15 is 0 Å². The summed E-state index contributed by atoms with van der Waals surface area (Å²) in [6.45, 7) is 8.96. The van der Waals surface area contributed by atoms with E-state index in [4.69, 9.17) is 4.74 Å². The molecule has 0 spiro atoms. The fourth-order valence-electron chi connectivity index (χ4n) is 3.87. The van der Waals surface area contributed by atoms with Gasteiger partial charge >= 0.3 is 0 Å². The molecule has 112 valence electrons. The Morgan fingerprint density at radius 3 is 2.74 bits per heavy atom. The highest BCUT2D eigenvalue weighted by Crippen LogP contribution is 2.35. The van der Waals surface area contributed by atoms with Gasteiger partial charge in [-0.1, -0.05) is 13.8 Å². The zero-order valence-electron chi connectivity index (χ0n) is 12.8. The molecule has 0 aromatic rings. The number of ether oxygens (including phenoxy) is 1. The number of methoxy groups -OCH3 is 1. The maximum absolute atomic E-state index is 10.2. The minimum absolute atomic E-state index is 0.0727. The lowest BCUT2D eigenvalue weighted by molar-refractivity contribution is 0.0210. The number of hydrogen-bond acceptors (Lipinski definition) is 3. The minimum Gasteiger partial charge on any atom is -0.393 e. The van der Waals surface area contributed by atoms with Gasteiger partial charge in [-0.2, -0.15) is 0 Å². The molecule has 2 fully saturated rings. The summed E-state index contributed by atoms with van der Waals surface area (Å²) in [5.41, 5.74) is 0. The maximum Gasteiger partial charge on any atom is 0.0580 e. The van der Waals surface area contributed by atoms with Gasteiger partial charge < -0.3 is 14.7 Å². The van der Waals surface area contributed by atoms with E-state index in [9.17, 15) is 5.11 Å². The molecule has 0 radical (unpaired) electrons. The zero-order valence-corrected chi connectivity index (χ0v) is 12.8. The van der Waals surface area contributed by atoms with E-state index in [1.165, 1.54) is 25.8 Å². The molecule has 1 aliphatic carbocycles. The topological polar surface area (TPSA) is 32.7 Å². The van der Waals surface area contributed by atoms with Crippen molar-refractivity contribution in [3.05, 3.63) is 0 Å². The van der Waals surface area contributed by atoms with Gasteiger partial charge in [0.15, 0.2) is 0 Å². The van der Waals surface area contributed by atoms with Crippen LogP contribution in [0.2, 0.25) is 0 Å². The van der Waals surface area contributed by atoms with E-state index < -0.39 is 0 Å². The molecule has 4 atom stereocenters. The summed E-state index contributed by atoms with van der Waals surface area (Å²) >= 11 is 0. The smallest absolute Gasteiger partial charge is 0.0580 e. The van der Waals surface area contributed by atoms with Crippen LogP contribution in [-0.2, 0) is 4.74 Å². The third-order valence-electron chi connectivity index (χ3n) is 5.19. The first kappa shape index (κ1) is 15.3. The van der Waals surface area contributed by atoms with E-state index in [1.807, 2.05) is 0 Å². The van der Waals surface area contributed by atoms with Crippen molar-refractivity contribution in [2.24, 2.45) is 23.7 Å². The highest BCUT2D eigenvalue weighted by molar-refractivity contribution is 4.85. The van der Waals surface area contributed by atoms with Crippen LogP contribution in [0.1, 0.15) is 39.5 Å². The third kappa shape index (κ3) is 4.17. The largest absolute Gasteiger partial charge is 0.393 e. The number of nitrogens with zero attached hydrogens (tertiary/aromatic N) is 1. The lowest BCUT2D eigenvalue weighted by atomic mass is 9.74. The van der Waals surface area contributed by atoms with Crippen molar-refractivity contribution in [2.45, 2.75) is 45.6 Å². The lowest BCUT2D eigenvalue weighted by Crippen LogP contribution is -2.39. The summed E-state index contributed by atoms with van der Waals surface area (Å²) in [5.74, 6) is 2.76. The number of rotatable bonds is 5. The monoisotopic (exact) mass is 269 g/mol. The van der Waals surface area contributed by atoms with Crippen molar-refractivity contribution in [3.8, 4) is 0 Å². The SMILES string of the molecule is COCC1CCN(CC2CC(C(C)C)CCC2O)C1. The van der Waals surface area contributed by atoms with Gasteiger partial charge in [0.05, 0.1) is 12.7 Å². The summed E-state index contributed by atoms with van der Waals surface area (Å²) in [6, 6.07) is 0. The second-order valence-corrected chi connectivity index (χ2v) is 7.01. The Morgan fingerprint density at radius 2 is 2.05 bits per heavy atom. The average molecular weight is 269 g/mol. The van der Waals surface area contributed by atoms with Gasteiger partial charge in [-0.3, -0.25) is 0 Å². The second kappa shape index (κ2) is 7.05. The molecule has 0 aromatic carbocycles. The fraction of sp³-hybridized carbons (Fsp3) is 1.00. The Morgan fingerprint density at radius 1 is 1.26 bits per heavy atom. The van der Waals surface area contributed by atoms with E-state index in [-0.39, 0.29) is 6.10 Å². The molecule has 2 aliphatic rings. The molecular formula is C16H31NO2. The van der Waals surface area contributed by atoms with Crippen molar-refractivity contribution in [1.29, 1.82) is 0 Å². The van der Waals surface area contributed by atoms with Crippen LogP contribution in [0.15, 0.2) is 0 Å². The predicted octanol–water partition coefficient (Wildman–Crippen LogP) is 2.39. The molecule has 0 amide bonds. The van der Waals surface area contributed by atoms with Crippen LogP contribution < -0.4 is 0 Å². The van der Waals surface area contributed by atoms with Crippen LogP contribution in [0, 0.1) is 23.7 Å². The van der Waals surface area contributed by atoms with Gasteiger partial charge in [0.1, 0.15) is 0 Å². The molecule has 1 N–H and O–H groups in total. The summed E-state index contributed by atoms with van der Waals surface area (Å²) in [4.78, 5) is 2.54. The van der Waals surface area contributed by atoms with E-state index in [0.29, 0.717) is 11.8 Å². The molecule has 0 aromatic heterocycles. The van der Waals surface area contributed by atoms with Gasteiger partial charge in [-0.05, 0) is 55.9 Å². The van der Waals surface area contributed by atoms with Crippen molar-refractivity contribution >= 4 is 0 Å². The first-order valence-electron chi connectivity index (χ1n) is 7.99. The highest BCUT2D eigenvalue weighted by atomic mass is 16.5. The van der Waals surface area contributed by atoms with Crippen molar-refractivity contribution in [2.75, 3.05) is 33.4 Å². The van der Waals surface area contributed by atoms with Crippen molar-refractivity contribution in [3.63, 3.8) is 0 Å². The number of hydrogen-bond donors (Lipinski definition) is 1. The van der Waals surface area contributed by atoms with E-state index in [1.54, 1.807) is 7.11 Å². The quantitative estimate of drug-likeness (QED) is 0.832. The summed E-state index contributed by atoms with van der Waals surface area (Å²) in [7, 11) is 1.79. The lowest BCUT2D eigenvalue weighted by Gasteiger charge is -2.37. The zero-order chi connectivity index (χ0) is 13.8. The van der Waals surface area contributed by atoms with E-state index in [0.717, 1.165) is 38.0 Å². The molecule has 19 heavy (non-hydrogen) atoms. The summed E-state index contributed by atoms with van der Waals surface area (Å²) in [6.07, 6.45) is 4.61. The second-order valence-electron chi connectivity index (χ2n) is 7.01. The summed E-state index contributed by atoms with van der Waals surface area (Å²) in [5, 5.41) is 10.2. The highest BCUT2D eigenvalue weighted by Gasteiger charge is 2.33. The van der Waals surface area contributed by atoms with Crippen LogP contribution in [0.25, 0.3) is 0 Å². The van der Waals surface area contributed by atoms with Crippen LogP contribution in [0.3, 0.4) is 0 Å². The first-order valence-corrected chi connectivity index (χ1v) is 7.99. The molecule has 1 heterocycles. The number of likely N-dealkylation sites (tertiary alicyclic amines) is 1. The number of aliphatic hydroxyl groups is 1. The Balaban J connectivity index is 1.80.